The number of aliphatic carboxylic acids is 1. The van der Waals surface area contributed by atoms with E-state index in [4.69, 9.17) is 10.8 Å². The van der Waals surface area contributed by atoms with Gasteiger partial charge in [-0.3, -0.25) is 24.7 Å². The number of rotatable bonds is 8. The third-order valence-corrected chi connectivity index (χ3v) is 8.50. The van der Waals surface area contributed by atoms with Crippen molar-refractivity contribution in [3.8, 4) is 11.3 Å². The van der Waals surface area contributed by atoms with Gasteiger partial charge in [-0.2, -0.15) is 13.2 Å². The van der Waals surface area contributed by atoms with Crippen LogP contribution in [-0.2, 0) is 17.5 Å². The fourth-order valence-corrected chi connectivity index (χ4v) is 6.21. The first-order chi connectivity index (χ1) is 20.4. The van der Waals surface area contributed by atoms with Crippen LogP contribution >= 0.6 is 11.3 Å². The highest BCUT2D eigenvalue weighted by atomic mass is 32.1. The van der Waals surface area contributed by atoms with Crippen LogP contribution in [0.4, 0.5) is 28.5 Å². The van der Waals surface area contributed by atoms with Gasteiger partial charge < -0.3 is 15.7 Å². The molecule has 2 fully saturated rings. The first-order valence-electron chi connectivity index (χ1n) is 13.6. The minimum absolute atomic E-state index is 0.00753. The average molecular weight is 623 g/mol. The first-order valence-corrected chi connectivity index (χ1v) is 14.4. The summed E-state index contributed by atoms with van der Waals surface area (Å²) in [6, 6.07) is 2.37. The molecule has 16 heteroatoms. The number of thiazole rings is 1. The minimum atomic E-state index is -4.76. The summed E-state index contributed by atoms with van der Waals surface area (Å²) in [7, 11) is 0. The molecule has 4 N–H and O–H groups in total. The van der Waals surface area contributed by atoms with Crippen molar-refractivity contribution in [3.05, 3.63) is 52.5 Å². The number of hydrogen-bond acceptors (Lipinski definition) is 10. The number of piperazine rings is 1. The highest BCUT2D eigenvalue weighted by Crippen LogP contribution is 2.38. The molecule has 4 heterocycles. The first kappa shape index (κ1) is 30.7. The highest BCUT2D eigenvalue weighted by Gasteiger charge is 2.33. The Morgan fingerprint density at radius 3 is 2.47 bits per heavy atom. The molecule has 0 bridgehead atoms. The Labute approximate surface area is 248 Å². The van der Waals surface area contributed by atoms with Gasteiger partial charge >= 0.3 is 12.1 Å². The third-order valence-electron chi connectivity index (χ3n) is 7.54. The number of amides is 1. The monoisotopic (exact) mass is 622 g/mol. The van der Waals surface area contributed by atoms with Gasteiger partial charge in [0.25, 0.3) is 5.91 Å². The Kier molecular flexibility index (Phi) is 8.91. The molecule has 2 saturated heterocycles. The second-order valence-corrected chi connectivity index (χ2v) is 11.6. The smallest absolute Gasteiger partial charge is 0.416 e. The topological polar surface area (TPSA) is 141 Å². The lowest BCUT2D eigenvalue weighted by molar-refractivity contribution is -0.139. The number of hydrogen-bond donors (Lipinski definition) is 3. The van der Waals surface area contributed by atoms with Crippen molar-refractivity contribution in [2.45, 2.75) is 44.7 Å². The number of carbonyl (C=O) groups excluding carboxylic acids is 1. The van der Waals surface area contributed by atoms with Crippen LogP contribution in [0, 0.1) is 5.82 Å². The number of nitrogens with one attached hydrogen (secondary N) is 1. The number of alkyl halides is 3. The lowest BCUT2D eigenvalue weighted by Gasteiger charge is -2.34. The predicted molar refractivity (Wildman–Crippen MR) is 151 cm³/mol. The molecule has 3 aromatic rings. The average Bonchev–Trinajstić information content (AvgIpc) is 3.50. The van der Waals surface area contributed by atoms with Gasteiger partial charge in [0.1, 0.15) is 17.3 Å². The lowest BCUT2D eigenvalue weighted by atomic mass is 10.1. The molecule has 2 atom stereocenters. The molecule has 0 saturated carbocycles. The fraction of sp³-hybridized carbons (Fsp3) is 0.444. The normalized spacial score (nSPS) is 20.0. The maximum absolute atomic E-state index is 14.3. The molecular formula is C27H30F4N8O3S. The summed E-state index contributed by atoms with van der Waals surface area (Å²) in [5.41, 5.74) is 5.17. The molecule has 0 radical (unpaired) electrons. The number of nitrogens with two attached hydrogens (primary N) is 1. The van der Waals surface area contributed by atoms with Crippen molar-refractivity contribution in [1.29, 1.82) is 0 Å². The van der Waals surface area contributed by atoms with Crippen LogP contribution in [0.5, 0.6) is 0 Å². The Bertz CT molecular complexity index is 1470. The second kappa shape index (κ2) is 12.5. The molecule has 0 unspecified atom stereocenters. The number of aromatic nitrogens is 3. The molecule has 5 rings (SSSR count). The van der Waals surface area contributed by atoms with E-state index < -0.39 is 29.4 Å². The molecule has 230 valence electrons. The van der Waals surface area contributed by atoms with Crippen molar-refractivity contribution in [2.75, 3.05) is 42.9 Å². The van der Waals surface area contributed by atoms with E-state index in [-0.39, 0.29) is 47.4 Å². The molecule has 2 aliphatic rings. The van der Waals surface area contributed by atoms with Crippen LogP contribution in [0.2, 0.25) is 0 Å². The zero-order valence-electron chi connectivity index (χ0n) is 23.1. The van der Waals surface area contributed by atoms with E-state index in [2.05, 4.69) is 20.3 Å². The SMILES string of the molecule is C[C@@H]1CC[C@@H](N)N1Cc1sc(NC(=O)c2cnc(N3CCN(CC(=O)O)CC3)cn2)nc1-c1cc(F)cc(C(F)(F)F)c1. The molecule has 1 amide bonds. The Hall–Kier alpha value is -3.73. The maximum atomic E-state index is 14.3. The molecule has 1 aromatic carbocycles. The van der Waals surface area contributed by atoms with Gasteiger partial charge in [-0.1, -0.05) is 11.3 Å². The summed E-state index contributed by atoms with van der Waals surface area (Å²) in [6.07, 6.45) is -0.658. The number of likely N-dealkylation sites (tertiary alicyclic amines) is 1. The summed E-state index contributed by atoms with van der Waals surface area (Å²) in [5.74, 6) is -2.04. The number of nitrogens with zero attached hydrogens (tertiary/aromatic N) is 6. The molecule has 43 heavy (non-hydrogen) atoms. The van der Waals surface area contributed by atoms with Crippen molar-refractivity contribution >= 4 is 34.2 Å². The van der Waals surface area contributed by atoms with Crippen LogP contribution in [0.3, 0.4) is 0 Å². The van der Waals surface area contributed by atoms with Crippen molar-refractivity contribution < 1.29 is 32.3 Å². The minimum Gasteiger partial charge on any atom is -0.480 e. The Morgan fingerprint density at radius 2 is 1.86 bits per heavy atom. The van der Waals surface area contributed by atoms with E-state index in [9.17, 15) is 27.2 Å². The van der Waals surface area contributed by atoms with E-state index in [1.165, 1.54) is 12.4 Å². The van der Waals surface area contributed by atoms with Crippen LogP contribution in [0.15, 0.2) is 30.6 Å². The Balaban J connectivity index is 1.35. The van der Waals surface area contributed by atoms with E-state index in [0.29, 0.717) is 42.9 Å². The van der Waals surface area contributed by atoms with E-state index in [1.807, 2.05) is 21.6 Å². The van der Waals surface area contributed by atoms with Gasteiger partial charge in [-0.25, -0.2) is 19.3 Å². The number of carboxylic acids is 1. The van der Waals surface area contributed by atoms with E-state index in [1.54, 1.807) is 0 Å². The quantitative estimate of drug-likeness (QED) is 0.320. The summed E-state index contributed by atoms with van der Waals surface area (Å²) in [4.78, 5) is 43.2. The van der Waals surface area contributed by atoms with Crippen LogP contribution < -0.4 is 16.0 Å². The van der Waals surface area contributed by atoms with Gasteiger partial charge in [-0.15, -0.1) is 0 Å². The summed E-state index contributed by atoms with van der Waals surface area (Å²) in [5, 5.41) is 11.7. The summed E-state index contributed by atoms with van der Waals surface area (Å²) in [6.45, 7) is 4.41. The maximum Gasteiger partial charge on any atom is 0.416 e. The molecular weight excluding hydrogens is 592 g/mol. The van der Waals surface area contributed by atoms with Crippen molar-refractivity contribution in [1.82, 2.24) is 24.8 Å². The van der Waals surface area contributed by atoms with Gasteiger partial charge in [0, 0.05) is 49.2 Å². The van der Waals surface area contributed by atoms with Gasteiger partial charge in [0.05, 0.1) is 36.4 Å². The predicted octanol–water partition coefficient (Wildman–Crippen LogP) is 3.49. The Morgan fingerprint density at radius 1 is 1.12 bits per heavy atom. The number of benzene rings is 1. The lowest BCUT2D eigenvalue weighted by Crippen LogP contribution is -2.48. The van der Waals surface area contributed by atoms with Gasteiger partial charge in [0.15, 0.2) is 5.13 Å². The number of halogens is 4. The largest absolute Gasteiger partial charge is 0.480 e. The van der Waals surface area contributed by atoms with Gasteiger partial charge in [-0.05, 0) is 38.0 Å². The molecule has 11 nitrogen and oxygen atoms in total. The number of carboxylic acid groups (broad SMARTS) is 1. The second-order valence-electron chi connectivity index (χ2n) is 10.6. The van der Waals surface area contributed by atoms with Gasteiger partial charge in [0.2, 0.25) is 0 Å². The van der Waals surface area contributed by atoms with E-state index >= 15 is 0 Å². The van der Waals surface area contributed by atoms with Crippen LogP contribution in [0.25, 0.3) is 11.3 Å². The molecule has 2 aromatic heterocycles. The highest BCUT2D eigenvalue weighted by molar-refractivity contribution is 7.16. The standard InChI is InChI=1S/C27H30F4N8O3S/c1-15-2-3-21(32)39(15)13-20-24(16-8-17(27(29,30)31)10-18(28)9-16)35-26(43-20)36-25(42)19-11-34-22(12-33-19)38-6-4-37(5-7-38)14-23(40)41/h8-12,15,21H,2-7,13-14,32H2,1H3,(H,40,41)(H,35,36,42)/t15-,21+/m1/s1. The number of carbonyl (C=O) groups is 2. The van der Waals surface area contributed by atoms with Crippen molar-refractivity contribution in [3.63, 3.8) is 0 Å². The third kappa shape index (κ3) is 7.26. The molecule has 0 aliphatic carbocycles. The fourth-order valence-electron chi connectivity index (χ4n) is 5.23. The summed E-state index contributed by atoms with van der Waals surface area (Å²) < 4.78 is 54.7. The van der Waals surface area contributed by atoms with E-state index in [0.717, 1.165) is 36.3 Å². The van der Waals surface area contributed by atoms with Crippen molar-refractivity contribution in [2.24, 2.45) is 5.73 Å². The zero-order chi connectivity index (χ0) is 30.9. The zero-order valence-corrected chi connectivity index (χ0v) is 24.0. The summed E-state index contributed by atoms with van der Waals surface area (Å²) >= 11 is 1.07. The number of anilines is 2. The molecule has 2 aliphatic heterocycles. The van der Waals surface area contributed by atoms with Crippen LogP contribution in [0.1, 0.15) is 40.7 Å². The molecule has 0 spiro atoms. The van der Waals surface area contributed by atoms with Crippen LogP contribution in [-0.4, -0.2) is 86.7 Å².